The van der Waals surface area contributed by atoms with E-state index in [1.54, 1.807) is 0 Å². The highest BCUT2D eigenvalue weighted by Crippen LogP contribution is 2.27. The van der Waals surface area contributed by atoms with Gasteiger partial charge in [0.2, 0.25) is 5.91 Å². The summed E-state index contributed by atoms with van der Waals surface area (Å²) in [6, 6.07) is 6.11. The summed E-state index contributed by atoms with van der Waals surface area (Å²) in [7, 11) is 0. The number of benzene rings is 1. The van der Waals surface area contributed by atoms with Crippen molar-refractivity contribution in [1.82, 2.24) is 4.98 Å². The Morgan fingerprint density at radius 2 is 2.29 bits per heavy atom. The highest BCUT2D eigenvalue weighted by Gasteiger charge is 2.12. The number of nitrogens with zero attached hydrogens (tertiary/aromatic N) is 1. The first-order chi connectivity index (χ1) is 8.10. The topological polar surface area (TPSA) is 42.0 Å². The lowest BCUT2D eigenvalue weighted by Gasteiger charge is -2.06. The first-order valence-corrected chi connectivity index (χ1v) is 6.60. The second-order valence-corrected chi connectivity index (χ2v) is 5.32. The van der Waals surface area contributed by atoms with Crippen LogP contribution in [0.1, 0.15) is 25.8 Å². The number of nitrogens with one attached hydrogen (secondary N) is 1. The molecule has 4 heteroatoms. The van der Waals surface area contributed by atoms with Crippen LogP contribution >= 0.6 is 11.3 Å². The molecule has 0 saturated carbocycles. The lowest BCUT2D eigenvalue weighted by Crippen LogP contribution is -2.19. The Bertz CT molecular complexity index is 547. The van der Waals surface area contributed by atoms with Crippen LogP contribution in [0.5, 0.6) is 0 Å². The van der Waals surface area contributed by atoms with Gasteiger partial charge in [-0.1, -0.05) is 31.3 Å². The van der Waals surface area contributed by atoms with Gasteiger partial charge in [0.15, 0.2) is 5.13 Å². The van der Waals surface area contributed by atoms with Gasteiger partial charge in [-0.05, 0) is 31.0 Å². The first-order valence-electron chi connectivity index (χ1n) is 5.78. The van der Waals surface area contributed by atoms with Crippen molar-refractivity contribution in [2.75, 3.05) is 5.32 Å². The van der Waals surface area contributed by atoms with Gasteiger partial charge in [-0.2, -0.15) is 0 Å². The van der Waals surface area contributed by atoms with Gasteiger partial charge in [0.1, 0.15) is 0 Å². The summed E-state index contributed by atoms with van der Waals surface area (Å²) in [5.41, 5.74) is 2.15. The molecule has 3 nitrogen and oxygen atoms in total. The quantitative estimate of drug-likeness (QED) is 0.902. The van der Waals surface area contributed by atoms with E-state index in [0.717, 1.165) is 16.6 Å². The van der Waals surface area contributed by atoms with Crippen molar-refractivity contribution >= 4 is 32.6 Å². The summed E-state index contributed by atoms with van der Waals surface area (Å²) in [6.45, 7) is 5.98. The molecule has 2 rings (SSSR count). The predicted octanol–water partition coefficient (Wildman–Crippen LogP) is 3.59. The summed E-state index contributed by atoms with van der Waals surface area (Å²) in [6.07, 6.45) is 0.843. The number of carbonyl (C=O) groups is 1. The van der Waals surface area contributed by atoms with Crippen LogP contribution in [0.2, 0.25) is 0 Å². The Balaban J connectivity index is 2.22. The monoisotopic (exact) mass is 248 g/mol. The molecule has 1 N–H and O–H groups in total. The maximum atomic E-state index is 11.7. The zero-order valence-electron chi connectivity index (χ0n) is 10.3. The molecule has 1 atom stereocenters. The van der Waals surface area contributed by atoms with Crippen LogP contribution in [0, 0.1) is 12.8 Å². The smallest absolute Gasteiger partial charge is 0.228 e. The highest BCUT2D eigenvalue weighted by atomic mass is 32.1. The number of aromatic nitrogens is 1. The second-order valence-electron chi connectivity index (χ2n) is 4.29. The third-order valence-electron chi connectivity index (χ3n) is 2.83. The van der Waals surface area contributed by atoms with Crippen molar-refractivity contribution in [2.24, 2.45) is 5.92 Å². The summed E-state index contributed by atoms with van der Waals surface area (Å²) < 4.78 is 1.12. The summed E-state index contributed by atoms with van der Waals surface area (Å²) in [4.78, 5) is 16.1. The summed E-state index contributed by atoms with van der Waals surface area (Å²) in [5.74, 6) is 0.0760. The van der Waals surface area contributed by atoms with Gasteiger partial charge in [0.25, 0.3) is 0 Å². The van der Waals surface area contributed by atoms with Gasteiger partial charge in [-0.3, -0.25) is 4.79 Å². The van der Waals surface area contributed by atoms with E-state index in [1.165, 1.54) is 16.9 Å². The van der Waals surface area contributed by atoms with Crippen LogP contribution < -0.4 is 5.32 Å². The summed E-state index contributed by atoms with van der Waals surface area (Å²) >= 11 is 1.52. The molecule has 0 radical (unpaired) electrons. The Morgan fingerprint density at radius 1 is 1.53 bits per heavy atom. The molecule has 0 aliphatic heterocycles. The lowest BCUT2D eigenvalue weighted by molar-refractivity contribution is -0.119. The number of amides is 1. The largest absolute Gasteiger partial charge is 0.302 e. The van der Waals surface area contributed by atoms with E-state index in [4.69, 9.17) is 0 Å². The van der Waals surface area contributed by atoms with Crippen LogP contribution in [0.15, 0.2) is 18.2 Å². The minimum Gasteiger partial charge on any atom is -0.302 e. The Labute approximate surface area is 105 Å². The minimum atomic E-state index is 0.0312. The number of anilines is 1. The van der Waals surface area contributed by atoms with E-state index < -0.39 is 0 Å². The predicted molar refractivity (Wildman–Crippen MR) is 72.4 cm³/mol. The van der Waals surface area contributed by atoms with Gasteiger partial charge in [-0.25, -0.2) is 4.98 Å². The molecule has 0 aliphatic rings. The van der Waals surface area contributed by atoms with Crippen molar-refractivity contribution in [3.8, 4) is 0 Å². The third kappa shape index (κ3) is 2.64. The normalized spacial score (nSPS) is 12.6. The molecule has 1 amide bonds. The van der Waals surface area contributed by atoms with Gasteiger partial charge in [0, 0.05) is 5.92 Å². The average Bonchev–Trinajstić information content (AvgIpc) is 2.69. The number of hydrogen-bond acceptors (Lipinski definition) is 3. The minimum absolute atomic E-state index is 0.0312. The Hall–Kier alpha value is -1.42. The van der Waals surface area contributed by atoms with Crippen LogP contribution in [0.25, 0.3) is 10.2 Å². The maximum Gasteiger partial charge on any atom is 0.228 e. The van der Waals surface area contributed by atoms with E-state index >= 15 is 0 Å². The lowest BCUT2D eigenvalue weighted by atomic mass is 10.1. The van der Waals surface area contributed by atoms with Crippen molar-refractivity contribution < 1.29 is 4.79 Å². The van der Waals surface area contributed by atoms with Crippen molar-refractivity contribution in [3.05, 3.63) is 23.8 Å². The molecule has 0 saturated heterocycles. The zero-order chi connectivity index (χ0) is 12.4. The number of aryl methyl sites for hydroxylation is 1. The molecule has 17 heavy (non-hydrogen) atoms. The zero-order valence-corrected chi connectivity index (χ0v) is 11.1. The molecule has 0 bridgehead atoms. The molecule has 2 aromatic rings. The summed E-state index contributed by atoms with van der Waals surface area (Å²) in [5, 5.41) is 3.56. The fourth-order valence-corrected chi connectivity index (χ4v) is 2.47. The molecule has 90 valence electrons. The number of thiazole rings is 1. The molecular formula is C13H16N2OS. The average molecular weight is 248 g/mol. The third-order valence-corrected chi connectivity index (χ3v) is 3.77. The van der Waals surface area contributed by atoms with E-state index in [9.17, 15) is 4.79 Å². The van der Waals surface area contributed by atoms with Crippen molar-refractivity contribution in [1.29, 1.82) is 0 Å². The van der Waals surface area contributed by atoms with Crippen molar-refractivity contribution in [3.63, 3.8) is 0 Å². The molecule has 1 heterocycles. The number of rotatable bonds is 3. The first kappa shape index (κ1) is 12.0. The molecular weight excluding hydrogens is 232 g/mol. The van der Waals surface area contributed by atoms with Gasteiger partial charge in [-0.15, -0.1) is 0 Å². The van der Waals surface area contributed by atoms with Crippen LogP contribution in [0.4, 0.5) is 5.13 Å². The number of hydrogen-bond donors (Lipinski definition) is 1. The molecule has 0 unspecified atom stereocenters. The molecule has 1 aromatic carbocycles. The molecule has 1 aromatic heterocycles. The SMILES string of the molecule is CC[C@@H](C)C(=O)Nc1nc2ccc(C)cc2s1. The number of carbonyl (C=O) groups excluding carboxylic acids is 1. The number of fused-ring (bicyclic) bond motifs is 1. The van der Waals surface area contributed by atoms with E-state index in [1.807, 2.05) is 26.0 Å². The Morgan fingerprint density at radius 3 is 3.00 bits per heavy atom. The van der Waals surface area contributed by atoms with E-state index in [2.05, 4.69) is 23.3 Å². The highest BCUT2D eigenvalue weighted by molar-refractivity contribution is 7.22. The van der Waals surface area contributed by atoms with E-state index in [0.29, 0.717) is 5.13 Å². The van der Waals surface area contributed by atoms with Gasteiger partial charge >= 0.3 is 0 Å². The molecule has 0 aliphatic carbocycles. The van der Waals surface area contributed by atoms with Gasteiger partial charge in [0.05, 0.1) is 10.2 Å². The fourth-order valence-electron chi connectivity index (χ4n) is 1.50. The molecule has 0 fully saturated rings. The van der Waals surface area contributed by atoms with Gasteiger partial charge < -0.3 is 5.32 Å². The fraction of sp³-hybridized carbons (Fsp3) is 0.385. The second kappa shape index (κ2) is 4.84. The Kier molecular flexibility index (Phi) is 3.43. The van der Waals surface area contributed by atoms with Crippen molar-refractivity contribution in [2.45, 2.75) is 27.2 Å². The molecule has 0 spiro atoms. The van der Waals surface area contributed by atoms with Crippen LogP contribution in [0.3, 0.4) is 0 Å². The maximum absolute atomic E-state index is 11.7. The standard InChI is InChI=1S/C13H16N2OS/c1-4-9(3)12(16)15-13-14-10-6-5-8(2)7-11(10)17-13/h5-7,9H,4H2,1-3H3,(H,14,15,16)/t9-/m1/s1. The van der Waals surface area contributed by atoms with E-state index in [-0.39, 0.29) is 11.8 Å². The van der Waals surface area contributed by atoms with Crippen LogP contribution in [-0.4, -0.2) is 10.9 Å². The van der Waals surface area contributed by atoms with Crippen LogP contribution in [-0.2, 0) is 4.79 Å².